The Bertz CT molecular complexity index is 668. The average Bonchev–Trinajstić information content (AvgIpc) is 3.01. The normalized spacial score (nSPS) is 26.0. The zero-order chi connectivity index (χ0) is 15.0. The first-order valence-electron chi connectivity index (χ1n) is 7.06. The molecular weight excluding hydrogens is 290 g/mol. The van der Waals surface area contributed by atoms with E-state index in [-0.39, 0.29) is 36.3 Å². The Balaban J connectivity index is 1.56. The summed E-state index contributed by atoms with van der Waals surface area (Å²) in [5.74, 6) is -0.0848. The molecule has 2 fully saturated rings. The first-order chi connectivity index (χ1) is 9.97. The number of ketones is 1. The SMILES string of the molecule is O=C(CCC(=O)N1CC2CC1CS2(=O)=O)c1ccccc1. The van der Waals surface area contributed by atoms with Gasteiger partial charge in [0.1, 0.15) is 0 Å². The van der Waals surface area contributed by atoms with Gasteiger partial charge in [0, 0.05) is 31.0 Å². The smallest absolute Gasteiger partial charge is 0.223 e. The molecule has 0 spiro atoms. The van der Waals surface area contributed by atoms with Crippen LogP contribution in [0.1, 0.15) is 29.6 Å². The molecule has 2 saturated heterocycles. The van der Waals surface area contributed by atoms with Crippen LogP contribution < -0.4 is 0 Å². The minimum absolute atomic E-state index is 0.0547. The monoisotopic (exact) mass is 307 g/mol. The molecule has 2 bridgehead atoms. The number of hydrogen-bond acceptors (Lipinski definition) is 4. The van der Waals surface area contributed by atoms with E-state index < -0.39 is 15.1 Å². The molecule has 3 rings (SSSR count). The van der Waals surface area contributed by atoms with Crippen molar-refractivity contribution in [1.29, 1.82) is 0 Å². The van der Waals surface area contributed by atoms with Crippen molar-refractivity contribution in [1.82, 2.24) is 4.90 Å². The Morgan fingerprint density at radius 3 is 2.43 bits per heavy atom. The third-order valence-electron chi connectivity index (χ3n) is 4.29. The largest absolute Gasteiger partial charge is 0.337 e. The Morgan fingerprint density at radius 1 is 1.14 bits per heavy atom. The number of sulfone groups is 1. The van der Waals surface area contributed by atoms with Gasteiger partial charge in [0.05, 0.1) is 11.0 Å². The molecule has 0 N–H and O–H groups in total. The summed E-state index contributed by atoms with van der Waals surface area (Å²) in [6.07, 6.45) is 0.876. The minimum atomic E-state index is -2.99. The number of benzene rings is 1. The predicted octanol–water partition coefficient (Wildman–Crippen LogP) is 1.05. The Hall–Kier alpha value is -1.69. The van der Waals surface area contributed by atoms with Crippen molar-refractivity contribution >= 4 is 21.5 Å². The maximum Gasteiger partial charge on any atom is 0.223 e. The van der Waals surface area contributed by atoms with Crippen molar-refractivity contribution in [2.24, 2.45) is 0 Å². The number of likely N-dealkylation sites (tertiary alicyclic amines) is 1. The van der Waals surface area contributed by atoms with Gasteiger partial charge in [-0.3, -0.25) is 9.59 Å². The maximum atomic E-state index is 12.2. The van der Waals surface area contributed by atoms with Crippen molar-refractivity contribution < 1.29 is 18.0 Å². The molecule has 5 nitrogen and oxygen atoms in total. The van der Waals surface area contributed by atoms with Gasteiger partial charge in [-0.05, 0) is 6.42 Å². The summed E-state index contributed by atoms with van der Waals surface area (Å²) in [6, 6.07) is 8.70. The lowest BCUT2D eigenvalue weighted by atomic mass is 10.1. The molecule has 2 heterocycles. The van der Waals surface area contributed by atoms with Crippen LogP contribution in [0.25, 0.3) is 0 Å². The number of carbonyl (C=O) groups excluding carboxylic acids is 2. The molecule has 0 aliphatic carbocycles. The number of nitrogens with zero attached hydrogens (tertiary/aromatic N) is 1. The standard InChI is InChI=1S/C15H17NO4S/c17-14(11-4-2-1-3-5-11)6-7-15(18)16-9-13-8-12(16)10-21(13,19)20/h1-5,12-13H,6-10H2. The van der Waals surface area contributed by atoms with Gasteiger partial charge in [0.15, 0.2) is 15.6 Å². The molecule has 0 aromatic heterocycles. The van der Waals surface area contributed by atoms with Crippen LogP contribution >= 0.6 is 0 Å². The molecular formula is C15H17NO4S. The molecule has 6 heteroatoms. The lowest BCUT2D eigenvalue weighted by Crippen LogP contribution is -2.44. The molecule has 2 aliphatic rings. The number of Topliss-reactive ketones (excluding diaryl/α,β-unsaturated/α-hetero) is 1. The maximum absolute atomic E-state index is 12.2. The number of hydrogen-bond donors (Lipinski definition) is 0. The summed E-state index contributed by atoms with van der Waals surface area (Å²) in [4.78, 5) is 25.8. The molecule has 2 aliphatic heterocycles. The van der Waals surface area contributed by atoms with Gasteiger partial charge in [0.25, 0.3) is 0 Å². The van der Waals surface area contributed by atoms with Crippen molar-refractivity contribution in [2.45, 2.75) is 30.6 Å². The molecule has 21 heavy (non-hydrogen) atoms. The lowest BCUT2D eigenvalue weighted by Gasteiger charge is -2.26. The van der Waals surface area contributed by atoms with Crippen LogP contribution in [0.2, 0.25) is 0 Å². The van der Waals surface area contributed by atoms with E-state index in [1.54, 1.807) is 29.2 Å². The Morgan fingerprint density at radius 2 is 1.86 bits per heavy atom. The van der Waals surface area contributed by atoms with Crippen molar-refractivity contribution in [3.8, 4) is 0 Å². The molecule has 2 atom stereocenters. The molecule has 112 valence electrons. The predicted molar refractivity (Wildman–Crippen MR) is 77.7 cm³/mol. The van der Waals surface area contributed by atoms with Crippen molar-refractivity contribution in [3.05, 3.63) is 35.9 Å². The lowest BCUT2D eigenvalue weighted by molar-refractivity contribution is -0.131. The van der Waals surface area contributed by atoms with Gasteiger partial charge in [-0.15, -0.1) is 0 Å². The third-order valence-corrected chi connectivity index (χ3v) is 6.50. The zero-order valence-electron chi connectivity index (χ0n) is 11.6. The second-order valence-electron chi connectivity index (χ2n) is 5.68. The van der Waals surface area contributed by atoms with E-state index >= 15 is 0 Å². The first-order valence-corrected chi connectivity index (χ1v) is 8.78. The highest BCUT2D eigenvalue weighted by atomic mass is 32.2. The van der Waals surface area contributed by atoms with E-state index in [9.17, 15) is 18.0 Å². The third kappa shape index (κ3) is 2.72. The van der Waals surface area contributed by atoms with E-state index in [1.165, 1.54) is 0 Å². The average molecular weight is 307 g/mol. The highest BCUT2D eigenvalue weighted by Gasteiger charge is 2.49. The topological polar surface area (TPSA) is 71.5 Å². The van der Waals surface area contributed by atoms with Gasteiger partial charge in [-0.1, -0.05) is 30.3 Å². The Labute approximate surface area is 123 Å². The highest BCUT2D eigenvalue weighted by molar-refractivity contribution is 7.92. The quantitative estimate of drug-likeness (QED) is 0.779. The summed E-state index contributed by atoms with van der Waals surface area (Å²) in [5.41, 5.74) is 0.607. The first kappa shape index (κ1) is 14.3. The van der Waals surface area contributed by atoms with Crippen LogP contribution in [0.5, 0.6) is 0 Å². The van der Waals surface area contributed by atoms with Crippen LogP contribution in [-0.4, -0.2) is 48.6 Å². The van der Waals surface area contributed by atoms with Gasteiger partial charge in [-0.2, -0.15) is 0 Å². The molecule has 1 amide bonds. The van der Waals surface area contributed by atoms with Gasteiger partial charge in [0.2, 0.25) is 5.91 Å². The van der Waals surface area contributed by atoms with Gasteiger partial charge < -0.3 is 4.90 Å². The van der Waals surface area contributed by atoms with Crippen molar-refractivity contribution in [3.63, 3.8) is 0 Å². The molecule has 2 unspecified atom stereocenters. The fraction of sp³-hybridized carbons (Fsp3) is 0.467. The van der Waals surface area contributed by atoms with Crippen LogP contribution in [-0.2, 0) is 14.6 Å². The fourth-order valence-corrected chi connectivity index (χ4v) is 5.16. The molecule has 0 radical (unpaired) electrons. The van der Waals surface area contributed by atoms with Gasteiger partial charge in [-0.25, -0.2) is 8.42 Å². The fourth-order valence-electron chi connectivity index (χ4n) is 3.13. The number of rotatable bonds is 4. The Kier molecular flexibility index (Phi) is 3.57. The van der Waals surface area contributed by atoms with E-state index in [0.717, 1.165) is 0 Å². The van der Waals surface area contributed by atoms with Crippen LogP contribution in [0.15, 0.2) is 30.3 Å². The van der Waals surface area contributed by atoms with E-state index in [0.29, 0.717) is 18.5 Å². The second kappa shape index (κ2) is 5.26. The van der Waals surface area contributed by atoms with E-state index in [2.05, 4.69) is 0 Å². The summed E-state index contributed by atoms with van der Waals surface area (Å²) < 4.78 is 23.3. The molecule has 0 saturated carbocycles. The summed E-state index contributed by atoms with van der Waals surface area (Å²) in [5, 5.41) is -0.392. The number of carbonyl (C=O) groups is 2. The van der Waals surface area contributed by atoms with Crippen LogP contribution in [0, 0.1) is 0 Å². The number of amides is 1. The van der Waals surface area contributed by atoms with Crippen LogP contribution in [0.3, 0.4) is 0 Å². The van der Waals surface area contributed by atoms with E-state index in [1.807, 2.05) is 6.07 Å². The molecule has 1 aromatic rings. The zero-order valence-corrected chi connectivity index (χ0v) is 12.4. The number of fused-ring (bicyclic) bond motifs is 2. The van der Waals surface area contributed by atoms with Crippen molar-refractivity contribution in [2.75, 3.05) is 12.3 Å². The van der Waals surface area contributed by atoms with Crippen LogP contribution in [0.4, 0.5) is 0 Å². The van der Waals surface area contributed by atoms with Gasteiger partial charge >= 0.3 is 0 Å². The second-order valence-corrected chi connectivity index (χ2v) is 8.00. The summed E-state index contributed by atoms with van der Waals surface area (Å²) in [7, 11) is -2.99. The summed E-state index contributed by atoms with van der Waals surface area (Å²) >= 11 is 0. The minimum Gasteiger partial charge on any atom is -0.337 e. The summed E-state index contributed by atoms with van der Waals surface area (Å²) in [6.45, 7) is 0.297. The highest BCUT2D eigenvalue weighted by Crippen LogP contribution is 2.33. The van der Waals surface area contributed by atoms with E-state index in [4.69, 9.17) is 0 Å². The molecule has 1 aromatic carbocycles.